The zero-order valence-corrected chi connectivity index (χ0v) is 8.68. The monoisotopic (exact) mass is 138 g/mol. The van der Waals surface area contributed by atoms with E-state index < -0.39 is 0 Å². The van der Waals surface area contributed by atoms with Crippen molar-refractivity contribution in [2.24, 2.45) is 0 Å². The number of allylic oxidation sites excluding steroid dienone is 2. The summed E-state index contributed by atoms with van der Waals surface area (Å²) >= 11 is 0. The van der Waals surface area contributed by atoms with Crippen molar-refractivity contribution in [1.82, 2.24) is 0 Å². The first-order valence-corrected chi connectivity index (χ1v) is 2.50. The molecule has 0 amide bonds. The Balaban J connectivity index is -0.000000180. The van der Waals surface area contributed by atoms with Crippen molar-refractivity contribution in [3.8, 4) is 0 Å². The minimum absolute atomic E-state index is 0. The molecule has 0 rings (SSSR count). The predicted octanol–water partition coefficient (Wildman–Crippen LogP) is -1.34. The molecule has 0 saturated carbocycles. The van der Waals surface area contributed by atoms with Gasteiger partial charge in [-0.1, -0.05) is 19.1 Å². The molecule has 0 heterocycles. The molecule has 0 unspecified atom stereocenters. The van der Waals surface area contributed by atoms with E-state index in [0.29, 0.717) is 6.42 Å². The number of carbonyl (C=O) groups excluding carboxylic acids is 1. The van der Waals surface area contributed by atoms with Crippen LogP contribution in [0, 0.1) is 0 Å². The molecule has 1 nitrogen and oxygen atoms in total. The Morgan fingerprint density at radius 2 is 2.12 bits per heavy atom. The third-order valence-electron chi connectivity index (χ3n) is 0.635. The topological polar surface area (TPSA) is 17.1 Å². The number of rotatable bonds is 3. The molecule has 0 aromatic heterocycles. The molecular weight excluding hydrogens is 127 g/mol. The summed E-state index contributed by atoms with van der Waals surface area (Å²) in [4.78, 5) is 9.63. The van der Waals surface area contributed by atoms with Crippen LogP contribution >= 0.6 is 0 Å². The summed E-state index contributed by atoms with van der Waals surface area (Å²) in [7, 11) is 0. The summed E-state index contributed by atoms with van der Waals surface area (Å²) in [5, 5.41) is 0. The van der Waals surface area contributed by atoms with Crippen LogP contribution in [0.3, 0.4) is 0 Å². The van der Waals surface area contributed by atoms with Crippen LogP contribution in [0.4, 0.5) is 0 Å². The average molecular weight is 138 g/mol. The minimum atomic E-state index is 0. The second kappa shape index (κ2) is 10.9. The van der Waals surface area contributed by atoms with Gasteiger partial charge in [-0.3, -0.25) is 0 Å². The van der Waals surface area contributed by atoms with Crippen LogP contribution in [-0.2, 0) is 4.79 Å². The smallest absolute Gasteiger partial charge is 1.00 e. The van der Waals surface area contributed by atoms with Crippen LogP contribution in [0.15, 0.2) is 12.2 Å². The van der Waals surface area contributed by atoms with Crippen molar-refractivity contribution < 1.29 is 57.6 Å². The Kier molecular flexibility index (Phi) is 16.1. The molecule has 0 fully saturated rings. The molecule has 0 spiro atoms. The molecule has 0 bridgehead atoms. The number of hydrogen-bond acceptors (Lipinski definition) is 1. The van der Waals surface area contributed by atoms with Crippen LogP contribution < -0.4 is 51.4 Å². The number of carbonyl (C=O) groups is 1. The summed E-state index contributed by atoms with van der Waals surface area (Å²) in [6.07, 6.45) is 6.33. The summed E-state index contributed by atoms with van der Waals surface area (Å²) in [5.41, 5.74) is 0. The summed E-state index contributed by atoms with van der Waals surface area (Å²) in [6.45, 7) is 2.04. The van der Waals surface area contributed by atoms with Crippen LogP contribution in [0.5, 0.6) is 0 Å². The maximum Gasteiger partial charge on any atom is 1.00 e. The number of aldehydes is 1. The third kappa shape index (κ3) is 10.1. The summed E-state index contributed by atoms with van der Waals surface area (Å²) in [6, 6.07) is 0. The summed E-state index contributed by atoms with van der Waals surface area (Å²) in [5.74, 6) is 0. The molecule has 0 aromatic carbocycles. The van der Waals surface area contributed by atoms with Gasteiger partial charge in [0, 0.05) is 6.42 Å². The van der Waals surface area contributed by atoms with Crippen molar-refractivity contribution in [1.29, 1.82) is 0 Å². The van der Waals surface area contributed by atoms with Crippen molar-refractivity contribution in [3.63, 3.8) is 0 Å². The normalized spacial score (nSPS) is 8.62. The second-order valence-electron chi connectivity index (χ2n) is 1.28. The zero-order valence-electron chi connectivity index (χ0n) is 6.55. The summed E-state index contributed by atoms with van der Waals surface area (Å²) < 4.78 is 0. The van der Waals surface area contributed by atoms with Gasteiger partial charge in [0.15, 0.2) is 0 Å². The molecule has 8 heavy (non-hydrogen) atoms. The van der Waals surface area contributed by atoms with E-state index in [0.717, 1.165) is 12.7 Å². The van der Waals surface area contributed by atoms with Crippen molar-refractivity contribution in [2.45, 2.75) is 19.8 Å². The molecule has 0 aliphatic rings. The maximum absolute atomic E-state index is 9.63. The Morgan fingerprint density at radius 1 is 1.50 bits per heavy atom. The van der Waals surface area contributed by atoms with Crippen LogP contribution in [0.1, 0.15) is 21.2 Å². The van der Waals surface area contributed by atoms with E-state index >= 15 is 0 Å². The quantitative estimate of drug-likeness (QED) is 0.268. The second-order valence-corrected chi connectivity index (χ2v) is 1.28. The maximum atomic E-state index is 9.63. The van der Waals surface area contributed by atoms with E-state index in [1.807, 2.05) is 19.1 Å². The molecule has 0 saturated heterocycles. The fourth-order valence-electron chi connectivity index (χ4n) is 0.318. The fraction of sp³-hybridized carbons (Fsp3) is 0.500. The van der Waals surface area contributed by atoms with E-state index in [9.17, 15) is 4.79 Å². The molecule has 0 aliphatic carbocycles. The molecule has 0 aromatic rings. The van der Waals surface area contributed by atoms with Crippen molar-refractivity contribution in [3.05, 3.63) is 12.2 Å². The van der Waals surface area contributed by atoms with Gasteiger partial charge in [0.1, 0.15) is 6.29 Å². The van der Waals surface area contributed by atoms with Gasteiger partial charge < -0.3 is 6.22 Å². The van der Waals surface area contributed by atoms with Crippen molar-refractivity contribution >= 4 is 6.29 Å². The first-order valence-electron chi connectivity index (χ1n) is 2.50. The Labute approximate surface area is 94.4 Å². The van der Waals surface area contributed by atoms with E-state index in [-0.39, 0.29) is 52.8 Å². The first kappa shape index (κ1) is 11.8. The van der Waals surface area contributed by atoms with Crippen LogP contribution in [0.2, 0.25) is 0 Å². The van der Waals surface area contributed by atoms with Gasteiger partial charge >= 0.3 is 51.4 Å². The van der Waals surface area contributed by atoms with Crippen molar-refractivity contribution in [2.75, 3.05) is 0 Å². The molecule has 0 N–H and O–H groups in total. The van der Waals surface area contributed by atoms with E-state index in [2.05, 4.69) is 0 Å². The SMILES string of the molecule is CCC=CCC=O.[H-].[K+]. The predicted molar refractivity (Wildman–Crippen MR) is 31.2 cm³/mol. The molecule has 2 heteroatoms. The Hall–Kier alpha value is 1.05. The van der Waals surface area contributed by atoms with Gasteiger partial charge in [0.05, 0.1) is 0 Å². The standard InChI is InChI=1S/C6H10O.K.H/c1-2-3-4-5-6-7;;/h3-4,6H,2,5H2,1H3;;/q;+1;-1. The largest absolute Gasteiger partial charge is 1.00 e. The Morgan fingerprint density at radius 3 is 2.50 bits per heavy atom. The van der Waals surface area contributed by atoms with Gasteiger partial charge in [0.2, 0.25) is 0 Å². The first-order chi connectivity index (χ1) is 3.41. The van der Waals surface area contributed by atoms with Gasteiger partial charge in [-0.15, -0.1) is 0 Å². The molecular formula is C6H11KO. The fourth-order valence-corrected chi connectivity index (χ4v) is 0.318. The van der Waals surface area contributed by atoms with Gasteiger partial charge in [-0.05, 0) is 6.42 Å². The van der Waals surface area contributed by atoms with Gasteiger partial charge in [-0.25, -0.2) is 0 Å². The third-order valence-corrected chi connectivity index (χ3v) is 0.635. The van der Waals surface area contributed by atoms with Gasteiger partial charge in [-0.2, -0.15) is 0 Å². The minimum Gasteiger partial charge on any atom is -1.00 e. The molecule has 42 valence electrons. The van der Waals surface area contributed by atoms with Crippen LogP contribution in [-0.4, -0.2) is 6.29 Å². The van der Waals surface area contributed by atoms with Crippen LogP contribution in [0.25, 0.3) is 0 Å². The average Bonchev–Trinajstić information content (AvgIpc) is 1.69. The Bertz CT molecular complexity index is 73.5. The molecule has 0 radical (unpaired) electrons. The van der Waals surface area contributed by atoms with E-state index in [1.165, 1.54) is 0 Å². The van der Waals surface area contributed by atoms with Gasteiger partial charge in [0.25, 0.3) is 0 Å². The van der Waals surface area contributed by atoms with E-state index in [4.69, 9.17) is 0 Å². The zero-order chi connectivity index (χ0) is 5.54. The van der Waals surface area contributed by atoms with E-state index in [1.54, 1.807) is 0 Å². The number of hydrogen-bond donors (Lipinski definition) is 0. The molecule has 0 atom stereocenters. The molecule has 0 aliphatic heterocycles.